The normalized spacial score (nSPS) is 17.1. The van der Waals surface area contributed by atoms with Gasteiger partial charge in [-0.05, 0) is 43.5 Å². The van der Waals surface area contributed by atoms with Crippen molar-refractivity contribution in [2.24, 2.45) is 0 Å². The zero-order valence-electron chi connectivity index (χ0n) is 14.7. The molecule has 27 heavy (non-hydrogen) atoms. The highest BCUT2D eigenvalue weighted by Gasteiger charge is 2.27. The molecule has 136 valence electrons. The molecule has 1 aromatic heterocycles. The van der Waals surface area contributed by atoms with Gasteiger partial charge >= 0.3 is 5.97 Å². The lowest BCUT2D eigenvalue weighted by molar-refractivity contribution is -0.129. The summed E-state index contributed by atoms with van der Waals surface area (Å²) in [6.45, 7) is 0. The highest BCUT2D eigenvalue weighted by atomic mass is 35.5. The molecule has 1 aliphatic rings. The van der Waals surface area contributed by atoms with Gasteiger partial charge in [-0.1, -0.05) is 41.9 Å². The van der Waals surface area contributed by atoms with Crippen molar-refractivity contribution in [2.45, 2.75) is 31.8 Å². The number of carbonyl (C=O) groups excluding carboxylic acids is 2. The molecule has 0 amide bonds. The summed E-state index contributed by atoms with van der Waals surface area (Å²) in [6.07, 6.45) is 2.20. The molecule has 4 rings (SSSR count). The third-order valence-electron chi connectivity index (χ3n) is 4.82. The molecule has 1 heterocycles. The van der Waals surface area contributed by atoms with Gasteiger partial charge in [-0.2, -0.15) is 0 Å². The number of rotatable bonds is 3. The Kier molecular flexibility index (Phi) is 4.90. The highest BCUT2D eigenvalue weighted by Crippen LogP contribution is 2.27. The van der Waals surface area contributed by atoms with Crippen molar-refractivity contribution >= 4 is 34.3 Å². The van der Waals surface area contributed by atoms with Crippen LogP contribution in [0.1, 0.15) is 36.0 Å². The molecule has 0 radical (unpaired) electrons. The first-order chi connectivity index (χ1) is 13.1. The minimum Gasteiger partial charge on any atom is -0.451 e. The number of aromatic nitrogens is 1. The van der Waals surface area contributed by atoms with Gasteiger partial charge in [0.1, 0.15) is 0 Å². The van der Waals surface area contributed by atoms with Crippen molar-refractivity contribution in [1.29, 1.82) is 0 Å². The Morgan fingerprint density at radius 2 is 1.85 bits per heavy atom. The molecule has 4 nitrogen and oxygen atoms in total. The smallest absolute Gasteiger partial charge is 0.339 e. The number of benzene rings is 2. The summed E-state index contributed by atoms with van der Waals surface area (Å²) < 4.78 is 5.57. The number of hydrogen-bond donors (Lipinski definition) is 0. The van der Waals surface area contributed by atoms with E-state index in [4.69, 9.17) is 16.3 Å². The van der Waals surface area contributed by atoms with E-state index in [-0.39, 0.29) is 5.78 Å². The number of hydrogen-bond acceptors (Lipinski definition) is 4. The Balaban J connectivity index is 1.75. The number of esters is 1. The van der Waals surface area contributed by atoms with Crippen LogP contribution in [0.15, 0.2) is 54.6 Å². The van der Waals surface area contributed by atoms with Gasteiger partial charge < -0.3 is 4.74 Å². The van der Waals surface area contributed by atoms with Crippen LogP contribution < -0.4 is 0 Å². The minimum atomic E-state index is -0.642. The fourth-order valence-corrected chi connectivity index (χ4v) is 3.51. The molecule has 0 saturated heterocycles. The van der Waals surface area contributed by atoms with E-state index in [1.54, 1.807) is 18.2 Å². The van der Waals surface area contributed by atoms with E-state index in [2.05, 4.69) is 4.98 Å². The molecular weight excluding hydrogens is 362 g/mol. The van der Waals surface area contributed by atoms with Crippen LogP contribution in [-0.2, 0) is 9.53 Å². The van der Waals surface area contributed by atoms with E-state index in [0.29, 0.717) is 40.0 Å². The standard InChI is InChI=1S/C22H18ClNO3/c23-15-11-9-14(10-12-15)19-13-17(16-5-1-2-6-18(16)24-19)22(26)27-21-8-4-3-7-20(21)25/h1-2,5-6,9-13,21H,3-4,7-8H2/t21-/m1/s1. The predicted molar refractivity (Wildman–Crippen MR) is 105 cm³/mol. The average molecular weight is 380 g/mol. The first kappa shape index (κ1) is 17.7. The van der Waals surface area contributed by atoms with Gasteiger partial charge in [0.15, 0.2) is 11.9 Å². The van der Waals surface area contributed by atoms with Crippen LogP contribution in [0.4, 0.5) is 0 Å². The first-order valence-electron chi connectivity index (χ1n) is 9.01. The van der Waals surface area contributed by atoms with Crippen molar-refractivity contribution in [3.8, 4) is 11.3 Å². The fourth-order valence-electron chi connectivity index (χ4n) is 3.38. The lowest BCUT2D eigenvalue weighted by Crippen LogP contribution is -2.30. The van der Waals surface area contributed by atoms with Gasteiger partial charge in [0.25, 0.3) is 0 Å². The molecule has 2 aromatic carbocycles. The maximum atomic E-state index is 12.9. The minimum absolute atomic E-state index is 0.00545. The van der Waals surface area contributed by atoms with E-state index in [1.165, 1.54) is 0 Å². The average Bonchev–Trinajstić information content (AvgIpc) is 2.69. The number of halogens is 1. The molecule has 0 N–H and O–H groups in total. The maximum Gasteiger partial charge on any atom is 0.339 e. The SMILES string of the molecule is O=C(O[C@@H]1CCCCC1=O)c1cc(-c2ccc(Cl)cc2)nc2ccccc12. The summed E-state index contributed by atoms with van der Waals surface area (Å²) in [5.74, 6) is -0.477. The van der Waals surface area contributed by atoms with E-state index in [9.17, 15) is 9.59 Å². The summed E-state index contributed by atoms with van der Waals surface area (Å²) in [5, 5.41) is 1.35. The zero-order valence-corrected chi connectivity index (χ0v) is 15.4. The van der Waals surface area contributed by atoms with Crippen LogP contribution >= 0.6 is 11.6 Å². The molecule has 3 aromatic rings. The number of Topliss-reactive ketones (excluding diaryl/α,β-unsaturated/α-hetero) is 1. The molecular formula is C22H18ClNO3. The van der Waals surface area contributed by atoms with Crippen molar-refractivity contribution in [3.63, 3.8) is 0 Å². The largest absolute Gasteiger partial charge is 0.451 e. The van der Waals surface area contributed by atoms with Gasteiger partial charge in [0, 0.05) is 22.4 Å². The van der Waals surface area contributed by atoms with Crippen molar-refractivity contribution in [1.82, 2.24) is 4.98 Å². The Morgan fingerprint density at radius 3 is 2.63 bits per heavy atom. The summed E-state index contributed by atoms with van der Waals surface area (Å²) in [5.41, 5.74) is 2.64. The molecule has 0 bridgehead atoms. The predicted octanol–water partition coefficient (Wildman–Crippen LogP) is 5.22. The number of nitrogens with zero attached hydrogens (tertiary/aromatic N) is 1. The number of para-hydroxylation sites is 1. The maximum absolute atomic E-state index is 12.9. The van der Waals surface area contributed by atoms with Gasteiger partial charge in [-0.25, -0.2) is 9.78 Å². The number of ketones is 1. The van der Waals surface area contributed by atoms with E-state index in [0.717, 1.165) is 18.4 Å². The second kappa shape index (κ2) is 7.49. The third kappa shape index (κ3) is 3.71. The Labute approximate surface area is 162 Å². The summed E-state index contributed by atoms with van der Waals surface area (Å²) in [4.78, 5) is 29.6. The molecule has 1 atom stereocenters. The lowest BCUT2D eigenvalue weighted by Gasteiger charge is -2.21. The number of pyridine rings is 1. The molecule has 1 fully saturated rings. The van der Waals surface area contributed by atoms with Crippen molar-refractivity contribution in [2.75, 3.05) is 0 Å². The first-order valence-corrected chi connectivity index (χ1v) is 9.39. The topological polar surface area (TPSA) is 56.3 Å². The summed E-state index contributed by atoms with van der Waals surface area (Å²) >= 11 is 5.97. The molecule has 1 aliphatic carbocycles. The van der Waals surface area contributed by atoms with Gasteiger partial charge in [-0.15, -0.1) is 0 Å². The molecule has 0 unspecified atom stereocenters. The van der Waals surface area contributed by atoms with E-state index < -0.39 is 12.1 Å². The van der Waals surface area contributed by atoms with E-state index in [1.807, 2.05) is 36.4 Å². The second-order valence-corrected chi connectivity index (χ2v) is 7.12. The van der Waals surface area contributed by atoms with Crippen LogP contribution in [-0.4, -0.2) is 22.8 Å². The highest BCUT2D eigenvalue weighted by molar-refractivity contribution is 6.30. The van der Waals surface area contributed by atoms with Gasteiger partial charge in [0.05, 0.1) is 16.8 Å². The van der Waals surface area contributed by atoms with Crippen LogP contribution in [0.2, 0.25) is 5.02 Å². The van der Waals surface area contributed by atoms with Gasteiger partial charge in [-0.3, -0.25) is 4.79 Å². The number of ether oxygens (including phenoxy) is 1. The molecule has 0 spiro atoms. The van der Waals surface area contributed by atoms with E-state index >= 15 is 0 Å². The van der Waals surface area contributed by atoms with Crippen LogP contribution in [0.25, 0.3) is 22.2 Å². The second-order valence-electron chi connectivity index (χ2n) is 6.69. The van der Waals surface area contributed by atoms with Crippen LogP contribution in [0.5, 0.6) is 0 Å². The lowest BCUT2D eigenvalue weighted by atomic mass is 9.96. The Bertz CT molecular complexity index is 1010. The van der Waals surface area contributed by atoms with Crippen molar-refractivity contribution < 1.29 is 14.3 Å². The quantitative estimate of drug-likeness (QED) is 0.585. The number of fused-ring (bicyclic) bond motifs is 1. The monoisotopic (exact) mass is 379 g/mol. The van der Waals surface area contributed by atoms with Gasteiger partial charge in [0.2, 0.25) is 0 Å². The third-order valence-corrected chi connectivity index (χ3v) is 5.08. The summed E-state index contributed by atoms with van der Waals surface area (Å²) in [6, 6.07) is 16.4. The molecule has 1 saturated carbocycles. The number of carbonyl (C=O) groups is 2. The zero-order chi connectivity index (χ0) is 18.8. The van der Waals surface area contributed by atoms with Crippen LogP contribution in [0.3, 0.4) is 0 Å². The summed E-state index contributed by atoms with van der Waals surface area (Å²) in [7, 11) is 0. The Morgan fingerprint density at radius 1 is 1.07 bits per heavy atom. The Hall–Kier alpha value is -2.72. The van der Waals surface area contributed by atoms with Crippen LogP contribution in [0, 0.1) is 0 Å². The van der Waals surface area contributed by atoms with Crippen molar-refractivity contribution in [3.05, 3.63) is 65.2 Å². The fraction of sp³-hybridized carbons (Fsp3) is 0.227. The molecule has 5 heteroatoms. The molecule has 0 aliphatic heterocycles.